The van der Waals surface area contributed by atoms with E-state index in [1.54, 1.807) is 7.11 Å². The van der Waals surface area contributed by atoms with Gasteiger partial charge in [-0.05, 0) is 43.8 Å². The predicted molar refractivity (Wildman–Crippen MR) is 114 cm³/mol. The van der Waals surface area contributed by atoms with Crippen molar-refractivity contribution >= 4 is 5.91 Å². The Labute approximate surface area is 173 Å². The van der Waals surface area contributed by atoms with E-state index in [4.69, 9.17) is 9.47 Å². The summed E-state index contributed by atoms with van der Waals surface area (Å²) >= 11 is 0. The van der Waals surface area contributed by atoms with Crippen molar-refractivity contribution in [3.63, 3.8) is 0 Å². The van der Waals surface area contributed by atoms with Gasteiger partial charge in [0, 0.05) is 32.7 Å². The molecule has 0 saturated carbocycles. The van der Waals surface area contributed by atoms with Crippen molar-refractivity contribution in [2.45, 2.75) is 13.0 Å². The van der Waals surface area contributed by atoms with Gasteiger partial charge in [-0.25, -0.2) is 0 Å². The van der Waals surface area contributed by atoms with Gasteiger partial charge >= 0.3 is 0 Å². The maximum absolute atomic E-state index is 12.4. The molecular weight excluding hydrogens is 366 g/mol. The van der Waals surface area contributed by atoms with Crippen LogP contribution >= 0.6 is 0 Å². The molecule has 0 aliphatic carbocycles. The number of carbonyl (C=O) groups excluding carboxylic acids is 1. The number of nitrogens with one attached hydrogen (secondary N) is 1. The summed E-state index contributed by atoms with van der Waals surface area (Å²) in [5.74, 6) is 1.43. The molecule has 2 aromatic carbocycles. The SMILES string of the molecule is COc1ccc(C(CNC(=O)COc2ccc(C)cc2)N2CCN(C)CC2)cc1. The molecule has 1 amide bonds. The summed E-state index contributed by atoms with van der Waals surface area (Å²) in [6, 6.07) is 15.9. The highest BCUT2D eigenvalue weighted by molar-refractivity contribution is 5.77. The molecule has 0 aromatic heterocycles. The Morgan fingerprint density at radius 3 is 2.24 bits per heavy atom. The van der Waals surface area contributed by atoms with Gasteiger partial charge in [0.25, 0.3) is 5.91 Å². The van der Waals surface area contributed by atoms with Crippen molar-refractivity contribution in [3.8, 4) is 11.5 Å². The molecule has 6 nitrogen and oxygen atoms in total. The zero-order valence-corrected chi connectivity index (χ0v) is 17.6. The zero-order chi connectivity index (χ0) is 20.6. The van der Waals surface area contributed by atoms with Gasteiger partial charge in [0.05, 0.1) is 13.2 Å². The standard InChI is InChI=1S/C23H31N3O3/c1-18-4-8-21(9-5-18)29-17-23(27)24-16-22(26-14-12-25(2)13-15-26)19-6-10-20(28-3)11-7-19/h4-11,22H,12-17H2,1-3H3,(H,24,27). The highest BCUT2D eigenvalue weighted by Gasteiger charge is 2.24. The smallest absolute Gasteiger partial charge is 0.258 e. The van der Waals surface area contributed by atoms with E-state index >= 15 is 0 Å². The quantitative estimate of drug-likeness (QED) is 0.742. The Morgan fingerprint density at radius 1 is 1.00 bits per heavy atom. The second kappa shape index (κ2) is 10.3. The van der Waals surface area contributed by atoms with Gasteiger partial charge < -0.3 is 19.7 Å². The van der Waals surface area contributed by atoms with Crippen LogP contribution < -0.4 is 14.8 Å². The van der Waals surface area contributed by atoms with Crippen LogP contribution in [0.15, 0.2) is 48.5 Å². The number of carbonyl (C=O) groups is 1. The fraction of sp³-hybridized carbons (Fsp3) is 0.435. The maximum atomic E-state index is 12.4. The number of likely N-dealkylation sites (N-methyl/N-ethyl adjacent to an activating group) is 1. The molecule has 1 saturated heterocycles. The third-order valence-corrected chi connectivity index (χ3v) is 5.36. The van der Waals surface area contributed by atoms with E-state index in [9.17, 15) is 4.79 Å². The average molecular weight is 398 g/mol. The third kappa shape index (κ3) is 6.21. The minimum Gasteiger partial charge on any atom is -0.497 e. The van der Waals surface area contributed by atoms with E-state index < -0.39 is 0 Å². The molecule has 156 valence electrons. The van der Waals surface area contributed by atoms with Crippen molar-refractivity contribution in [3.05, 3.63) is 59.7 Å². The number of ether oxygens (including phenoxy) is 2. The summed E-state index contributed by atoms with van der Waals surface area (Å²) in [5, 5.41) is 3.05. The first kappa shape index (κ1) is 21.1. The second-order valence-electron chi connectivity index (χ2n) is 7.53. The minimum atomic E-state index is -0.113. The van der Waals surface area contributed by atoms with Crippen LogP contribution in [0.1, 0.15) is 17.2 Å². The van der Waals surface area contributed by atoms with Gasteiger partial charge in [-0.3, -0.25) is 9.69 Å². The van der Waals surface area contributed by atoms with E-state index in [-0.39, 0.29) is 18.6 Å². The number of methoxy groups -OCH3 is 1. The molecule has 0 spiro atoms. The van der Waals surface area contributed by atoms with Crippen LogP contribution in [-0.2, 0) is 4.79 Å². The molecule has 1 aliphatic heterocycles. The molecule has 0 radical (unpaired) electrons. The van der Waals surface area contributed by atoms with Crippen LogP contribution in [0.25, 0.3) is 0 Å². The summed E-state index contributed by atoms with van der Waals surface area (Å²) in [7, 11) is 3.81. The number of hydrogen-bond donors (Lipinski definition) is 1. The lowest BCUT2D eigenvalue weighted by Crippen LogP contribution is -2.48. The molecular formula is C23H31N3O3. The highest BCUT2D eigenvalue weighted by Crippen LogP contribution is 2.24. The van der Waals surface area contributed by atoms with E-state index in [0.29, 0.717) is 12.3 Å². The van der Waals surface area contributed by atoms with Gasteiger partial charge in [-0.2, -0.15) is 0 Å². The predicted octanol–water partition coefficient (Wildman–Crippen LogP) is 2.49. The fourth-order valence-electron chi connectivity index (χ4n) is 3.46. The summed E-state index contributed by atoms with van der Waals surface area (Å²) in [6.45, 7) is 6.58. The van der Waals surface area contributed by atoms with Crippen LogP contribution in [0.2, 0.25) is 0 Å². The average Bonchev–Trinajstić information content (AvgIpc) is 2.75. The maximum Gasteiger partial charge on any atom is 0.258 e. The third-order valence-electron chi connectivity index (χ3n) is 5.36. The lowest BCUT2D eigenvalue weighted by atomic mass is 10.0. The Hall–Kier alpha value is -2.57. The summed E-state index contributed by atoms with van der Waals surface area (Å²) in [6.07, 6.45) is 0. The summed E-state index contributed by atoms with van der Waals surface area (Å²) in [5.41, 5.74) is 2.34. The largest absolute Gasteiger partial charge is 0.497 e. The molecule has 29 heavy (non-hydrogen) atoms. The Balaban J connectivity index is 1.59. The van der Waals surface area contributed by atoms with E-state index in [2.05, 4.69) is 34.3 Å². The van der Waals surface area contributed by atoms with E-state index in [1.807, 2.05) is 43.3 Å². The van der Waals surface area contributed by atoms with Crippen molar-refractivity contribution in [1.82, 2.24) is 15.1 Å². The first-order valence-electron chi connectivity index (χ1n) is 10.1. The number of amides is 1. The number of nitrogens with zero attached hydrogens (tertiary/aromatic N) is 2. The van der Waals surface area contributed by atoms with Gasteiger partial charge in [0.1, 0.15) is 11.5 Å². The fourth-order valence-corrected chi connectivity index (χ4v) is 3.46. The summed E-state index contributed by atoms with van der Waals surface area (Å²) in [4.78, 5) is 17.1. The molecule has 1 atom stereocenters. The molecule has 2 aromatic rings. The Bertz CT molecular complexity index is 769. The Kier molecular flexibility index (Phi) is 7.49. The lowest BCUT2D eigenvalue weighted by molar-refractivity contribution is -0.123. The van der Waals surface area contributed by atoms with Crippen LogP contribution in [0.5, 0.6) is 11.5 Å². The second-order valence-corrected chi connectivity index (χ2v) is 7.53. The monoisotopic (exact) mass is 397 g/mol. The van der Waals surface area contributed by atoms with Crippen molar-refractivity contribution in [1.29, 1.82) is 0 Å². The van der Waals surface area contributed by atoms with Gasteiger partial charge in [-0.1, -0.05) is 29.8 Å². The van der Waals surface area contributed by atoms with Crippen LogP contribution in [0.3, 0.4) is 0 Å². The molecule has 1 heterocycles. The van der Waals surface area contributed by atoms with Crippen molar-refractivity contribution < 1.29 is 14.3 Å². The number of benzene rings is 2. The first-order valence-corrected chi connectivity index (χ1v) is 10.1. The number of rotatable bonds is 8. The highest BCUT2D eigenvalue weighted by atomic mass is 16.5. The Morgan fingerprint density at radius 2 is 1.62 bits per heavy atom. The summed E-state index contributed by atoms with van der Waals surface area (Å²) < 4.78 is 10.9. The minimum absolute atomic E-state index is 0.0150. The van der Waals surface area contributed by atoms with Gasteiger partial charge in [0.2, 0.25) is 0 Å². The molecule has 0 bridgehead atoms. The van der Waals surface area contributed by atoms with E-state index in [0.717, 1.165) is 37.5 Å². The number of piperazine rings is 1. The molecule has 1 aliphatic rings. The van der Waals surface area contributed by atoms with Crippen LogP contribution in [0.4, 0.5) is 0 Å². The van der Waals surface area contributed by atoms with Crippen molar-refractivity contribution in [2.24, 2.45) is 0 Å². The van der Waals surface area contributed by atoms with Gasteiger partial charge in [0.15, 0.2) is 6.61 Å². The first-order chi connectivity index (χ1) is 14.0. The normalized spacial score (nSPS) is 16.2. The van der Waals surface area contributed by atoms with Gasteiger partial charge in [-0.15, -0.1) is 0 Å². The molecule has 1 unspecified atom stereocenters. The molecule has 1 N–H and O–H groups in total. The van der Waals surface area contributed by atoms with Crippen LogP contribution in [0, 0.1) is 6.92 Å². The molecule has 1 fully saturated rings. The topological polar surface area (TPSA) is 54.0 Å². The number of hydrogen-bond acceptors (Lipinski definition) is 5. The van der Waals surface area contributed by atoms with Crippen molar-refractivity contribution in [2.75, 3.05) is 53.5 Å². The lowest BCUT2D eigenvalue weighted by Gasteiger charge is -2.38. The molecule has 6 heteroatoms. The number of aryl methyl sites for hydroxylation is 1. The molecule has 3 rings (SSSR count). The van der Waals surface area contributed by atoms with E-state index in [1.165, 1.54) is 5.56 Å². The van der Waals surface area contributed by atoms with Crippen LogP contribution in [-0.4, -0.2) is 69.2 Å². The zero-order valence-electron chi connectivity index (χ0n) is 17.6.